The molecule has 0 amide bonds. The Morgan fingerprint density at radius 1 is 1.32 bits per heavy atom. The van der Waals surface area contributed by atoms with Crippen LogP contribution in [0.1, 0.15) is 43.4 Å². The normalized spacial score (nSPS) is 20.5. The Bertz CT molecular complexity index is 451. The van der Waals surface area contributed by atoms with Gasteiger partial charge in [-0.2, -0.15) is 0 Å². The van der Waals surface area contributed by atoms with E-state index in [2.05, 4.69) is 11.2 Å². The summed E-state index contributed by atoms with van der Waals surface area (Å²) >= 11 is 0. The second kappa shape index (κ2) is 5.08. The van der Waals surface area contributed by atoms with Crippen LogP contribution in [0.5, 0.6) is 0 Å². The third kappa shape index (κ3) is 2.46. The summed E-state index contributed by atoms with van der Waals surface area (Å²) in [5.74, 6) is 0.826. The molecule has 3 rings (SSSR count). The molecule has 4 nitrogen and oxygen atoms in total. The highest BCUT2D eigenvalue weighted by atomic mass is 15.2. The van der Waals surface area contributed by atoms with Crippen molar-refractivity contribution in [1.29, 1.82) is 0 Å². The molecule has 1 fully saturated rings. The lowest BCUT2D eigenvalue weighted by Crippen LogP contribution is -2.30. The lowest BCUT2D eigenvalue weighted by Gasteiger charge is -2.34. The molecular weight excluding hydrogens is 236 g/mol. The van der Waals surface area contributed by atoms with Gasteiger partial charge in [-0.1, -0.05) is 12.8 Å². The van der Waals surface area contributed by atoms with Crippen LogP contribution in [-0.2, 0) is 12.8 Å². The SMILES string of the molecule is CN(CCN)c1ncc2c(n1)CCC1(CCCC1)C2. The van der Waals surface area contributed by atoms with E-state index < -0.39 is 0 Å². The summed E-state index contributed by atoms with van der Waals surface area (Å²) in [5, 5.41) is 0. The summed E-state index contributed by atoms with van der Waals surface area (Å²) < 4.78 is 0. The predicted molar refractivity (Wildman–Crippen MR) is 77.3 cm³/mol. The molecule has 0 aromatic carbocycles. The zero-order chi connectivity index (χ0) is 13.3. The average molecular weight is 260 g/mol. The minimum atomic E-state index is 0.584. The van der Waals surface area contributed by atoms with Gasteiger partial charge in [0.1, 0.15) is 0 Å². The Balaban J connectivity index is 1.80. The number of anilines is 1. The van der Waals surface area contributed by atoms with Gasteiger partial charge in [-0.3, -0.25) is 0 Å². The van der Waals surface area contributed by atoms with Gasteiger partial charge >= 0.3 is 0 Å². The molecule has 0 aliphatic heterocycles. The van der Waals surface area contributed by atoms with Crippen LogP contribution in [0.25, 0.3) is 0 Å². The highest BCUT2D eigenvalue weighted by Crippen LogP contribution is 2.47. The van der Waals surface area contributed by atoms with Crippen molar-refractivity contribution >= 4 is 5.95 Å². The van der Waals surface area contributed by atoms with Gasteiger partial charge in [0.15, 0.2) is 0 Å². The minimum absolute atomic E-state index is 0.584. The Kier molecular flexibility index (Phi) is 3.44. The predicted octanol–water partition coefficient (Wildman–Crippen LogP) is 1.92. The topological polar surface area (TPSA) is 55.0 Å². The van der Waals surface area contributed by atoms with Crippen molar-refractivity contribution in [1.82, 2.24) is 9.97 Å². The number of hydrogen-bond donors (Lipinski definition) is 1. The summed E-state index contributed by atoms with van der Waals surface area (Å²) in [5.41, 5.74) is 8.83. The first-order chi connectivity index (χ1) is 9.22. The van der Waals surface area contributed by atoms with E-state index in [1.165, 1.54) is 49.8 Å². The van der Waals surface area contributed by atoms with Crippen molar-refractivity contribution in [2.45, 2.75) is 44.9 Å². The number of fused-ring (bicyclic) bond motifs is 1. The molecule has 4 heteroatoms. The van der Waals surface area contributed by atoms with Gasteiger partial charge in [0, 0.05) is 32.0 Å². The number of nitrogens with two attached hydrogens (primary N) is 1. The molecular formula is C15H24N4. The quantitative estimate of drug-likeness (QED) is 0.902. The molecule has 0 radical (unpaired) electrons. The molecule has 0 bridgehead atoms. The summed E-state index contributed by atoms with van der Waals surface area (Å²) in [6.45, 7) is 1.45. The van der Waals surface area contributed by atoms with Crippen LogP contribution >= 0.6 is 0 Å². The Morgan fingerprint density at radius 3 is 2.84 bits per heavy atom. The van der Waals surface area contributed by atoms with E-state index in [0.717, 1.165) is 18.9 Å². The van der Waals surface area contributed by atoms with E-state index in [4.69, 9.17) is 10.7 Å². The van der Waals surface area contributed by atoms with Crippen molar-refractivity contribution in [2.75, 3.05) is 25.0 Å². The first-order valence-electron chi connectivity index (χ1n) is 7.48. The van der Waals surface area contributed by atoms with Crippen molar-refractivity contribution in [3.8, 4) is 0 Å². The maximum absolute atomic E-state index is 5.59. The highest BCUT2D eigenvalue weighted by Gasteiger charge is 2.37. The maximum Gasteiger partial charge on any atom is 0.225 e. The first kappa shape index (κ1) is 12.9. The fourth-order valence-corrected chi connectivity index (χ4v) is 3.70. The summed E-state index contributed by atoms with van der Waals surface area (Å²) in [6, 6.07) is 0. The molecule has 1 saturated carbocycles. The summed E-state index contributed by atoms with van der Waals surface area (Å²) in [4.78, 5) is 11.3. The Hall–Kier alpha value is -1.16. The molecule has 0 saturated heterocycles. The number of aryl methyl sites for hydroxylation is 1. The van der Waals surface area contributed by atoms with E-state index in [1.807, 2.05) is 11.9 Å². The fourth-order valence-electron chi connectivity index (χ4n) is 3.70. The maximum atomic E-state index is 5.59. The molecule has 0 unspecified atom stereocenters. The van der Waals surface area contributed by atoms with Crippen molar-refractivity contribution in [3.63, 3.8) is 0 Å². The molecule has 2 aliphatic rings. The largest absolute Gasteiger partial charge is 0.343 e. The molecule has 2 N–H and O–H groups in total. The van der Waals surface area contributed by atoms with Gasteiger partial charge in [-0.25, -0.2) is 9.97 Å². The van der Waals surface area contributed by atoms with E-state index in [-0.39, 0.29) is 0 Å². The zero-order valence-corrected chi connectivity index (χ0v) is 11.9. The van der Waals surface area contributed by atoms with Gasteiger partial charge in [-0.15, -0.1) is 0 Å². The Labute approximate surface area is 115 Å². The van der Waals surface area contributed by atoms with E-state index >= 15 is 0 Å². The van der Waals surface area contributed by atoms with Crippen LogP contribution in [0, 0.1) is 5.41 Å². The van der Waals surface area contributed by atoms with Gasteiger partial charge in [0.05, 0.1) is 0 Å². The van der Waals surface area contributed by atoms with Gasteiger partial charge in [0.25, 0.3) is 0 Å². The monoisotopic (exact) mass is 260 g/mol. The van der Waals surface area contributed by atoms with Gasteiger partial charge < -0.3 is 10.6 Å². The Morgan fingerprint density at radius 2 is 2.11 bits per heavy atom. The third-order valence-corrected chi connectivity index (χ3v) is 4.87. The first-order valence-corrected chi connectivity index (χ1v) is 7.48. The number of hydrogen-bond acceptors (Lipinski definition) is 4. The number of nitrogens with zero attached hydrogens (tertiary/aromatic N) is 3. The number of likely N-dealkylation sites (N-methyl/N-ethyl adjacent to an activating group) is 1. The molecule has 19 heavy (non-hydrogen) atoms. The average Bonchev–Trinajstić information content (AvgIpc) is 2.86. The fraction of sp³-hybridized carbons (Fsp3) is 0.733. The molecule has 1 heterocycles. The van der Waals surface area contributed by atoms with Crippen LogP contribution in [-0.4, -0.2) is 30.1 Å². The van der Waals surface area contributed by atoms with Crippen LogP contribution in [0.15, 0.2) is 6.20 Å². The van der Waals surface area contributed by atoms with E-state index in [0.29, 0.717) is 12.0 Å². The second-order valence-corrected chi connectivity index (χ2v) is 6.24. The van der Waals surface area contributed by atoms with Crippen LogP contribution in [0.3, 0.4) is 0 Å². The van der Waals surface area contributed by atoms with Gasteiger partial charge in [-0.05, 0) is 43.1 Å². The van der Waals surface area contributed by atoms with Crippen molar-refractivity contribution < 1.29 is 0 Å². The van der Waals surface area contributed by atoms with Crippen molar-refractivity contribution in [3.05, 3.63) is 17.5 Å². The minimum Gasteiger partial charge on any atom is -0.343 e. The second-order valence-electron chi connectivity index (χ2n) is 6.24. The number of rotatable bonds is 3. The smallest absolute Gasteiger partial charge is 0.225 e. The molecule has 1 aromatic heterocycles. The molecule has 1 aromatic rings. The third-order valence-electron chi connectivity index (χ3n) is 4.87. The number of aromatic nitrogens is 2. The summed E-state index contributed by atoms with van der Waals surface area (Å²) in [7, 11) is 2.01. The highest BCUT2D eigenvalue weighted by molar-refractivity contribution is 5.34. The molecule has 1 spiro atoms. The van der Waals surface area contributed by atoms with Gasteiger partial charge in [0.2, 0.25) is 5.95 Å². The van der Waals surface area contributed by atoms with E-state index in [9.17, 15) is 0 Å². The lowest BCUT2D eigenvalue weighted by molar-refractivity contribution is 0.252. The lowest BCUT2D eigenvalue weighted by atomic mass is 9.72. The zero-order valence-electron chi connectivity index (χ0n) is 11.9. The van der Waals surface area contributed by atoms with Crippen LogP contribution in [0.2, 0.25) is 0 Å². The standard InChI is InChI=1S/C15H24N4/c1-19(9-8-16)14-17-11-12-10-15(5-2-3-6-15)7-4-13(12)18-14/h11H,2-10,16H2,1H3. The molecule has 2 aliphatic carbocycles. The molecule has 0 atom stereocenters. The van der Waals surface area contributed by atoms with Crippen molar-refractivity contribution in [2.24, 2.45) is 11.1 Å². The van der Waals surface area contributed by atoms with Crippen LogP contribution in [0.4, 0.5) is 5.95 Å². The summed E-state index contributed by atoms with van der Waals surface area (Å²) in [6.07, 6.45) is 11.3. The molecule has 104 valence electrons. The van der Waals surface area contributed by atoms with E-state index in [1.54, 1.807) is 0 Å². The van der Waals surface area contributed by atoms with Crippen LogP contribution < -0.4 is 10.6 Å².